The van der Waals surface area contributed by atoms with Crippen LogP contribution in [0.3, 0.4) is 0 Å². The van der Waals surface area contributed by atoms with Gasteiger partial charge >= 0.3 is 0 Å². The molecule has 1 atom stereocenters. The van der Waals surface area contributed by atoms with Crippen molar-refractivity contribution in [2.45, 2.75) is 11.4 Å². The van der Waals surface area contributed by atoms with Gasteiger partial charge in [-0.15, -0.1) is 10.2 Å². The molecule has 1 aliphatic heterocycles. The van der Waals surface area contributed by atoms with E-state index in [1.807, 2.05) is 0 Å². The topological polar surface area (TPSA) is 72.0 Å². The normalized spacial score (nSPS) is 21.2. The highest BCUT2D eigenvalue weighted by Gasteiger charge is 2.25. The van der Waals surface area contributed by atoms with E-state index in [0.717, 1.165) is 19.5 Å². The molecule has 1 saturated heterocycles. The molecular formula is C9H12ClN3O2S. The lowest BCUT2D eigenvalue weighted by Gasteiger charge is -2.07. The molecule has 0 radical (unpaired) electrons. The average Bonchev–Trinajstić information content (AvgIpc) is 2.70. The Morgan fingerprint density at radius 1 is 1.44 bits per heavy atom. The predicted octanol–water partition coefficient (Wildman–Crippen LogP) is 0.513. The highest BCUT2D eigenvalue weighted by molar-refractivity contribution is 7.91. The highest BCUT2D eigenvalue weighted by Crippen LogP contribution is 2.16. The highest BCUT2D eigenvalue weighted by atomic mass is 35.5. The Morgan fingerprint density at radius 3 is 2.81 bits per heavy atom. The van der Waals surface area contributed by atoms with Gasteiger partial charge in [0.1, 0.15) is 0 Å². The van der Waals surface area contributed by atoms with E-state index in [1.54, 1.807) is 0 Å². The van der Waals surface area contributed by atoms with Gasteiger partial charge in [0.05, 0.1) is 5.75 Å². The second kappa shape index (κ2) is 4.65. The van der Waals surface area contributed by atoms with Crippen molar-refractivity contribution in [3.05, 3.63) is 17.3 Å². The molecule has 0 aliphatic carbocycles. The van der Waals surface area contributed by atoms with Gasteiger partial charge in [0.15, 0.2) is 20.0 Å². The molecule has 2 heterocycles. The Kier molecular flexibility index (Phi) is 3.41. The lowest BCUT2D eigenvalue weighted by molar-refractivity contribution is 0.565. The average molecular weight is 262 g/mol. The summed E-state index contributed by atoms with van der Waals surface area (Å²) in [5.41, 5.74) is 0. The van der Waals surface area contributed by atoms with Crippen molar-refractivity contribution in [3.63, 3.8) is 0 Å². The zero-order valence-corrected chi connectivity index (χ0v) is 10.1. The van der Waals surface area contributed by atoms with Crippen LogP contribution in [0.5, 0.6) is 0 Å². The van der Waals surface area contributed by atoms with Gasteiger partial charge in [-0.1, -0.05) is 11.6 Å². The molecular weight excluding hydrogens is 250 g/mol. The van der Waals surface area contributed by atoms with Crippen molar-refractivity contribution < 1.29 is 8.42 Å². The van der Waals surface area contributed by atoms with Crippen LogP contribution >= 0.6 is 11.6 Å². The van der Waals surface area contributed by atoms with E-state index >= 15 is 0 Å². The first-order valence-electron chi connectivity index (χ1n) is 5.00. The number of sulfone groups is 1. The molecule has 16 heavy (non-hydrogen) atoms. The molecule has 1 aromatic rings. The van der Waals surface area contributed by atoms with Gasteiger partial charge in [-0.05, 0) is 37.6 Å². The van der Waals surface area contributed by atoms with Crippen molar-refractivity contribution in [1.29, 1.82) is 0 Å². The third-order valence-electron chi connectivity index (χ3n) is 2.54. The summed E-state index contributed by atoms with van der Waals surface area (Å²) in [4.78, 5) is 0. The van der Waals surface area contributed by atoms with E-state index in [0.29, 0.717) is 0 Å². The maximum atomic E-state index is 11.9. The molecule has 0 amide bonds. The Labute approximate surface area is 99.1 Å². The number of nitrogens with zero attached hydrogens (tertiary/aromatic N) is 2. The number of rotatable bonds is 3. The largest absolute Gasteiger partial charge is 0.316 e. The third-order valence-corrected chi connectivity index (χ3v) is 4.51. The first-order valence-corrected chi connectivity index (χ1v) is 7.04. The first-order chi connectivity index (χ1) is 7.58. The Balaban J connectivity index is 2.14. The molecule has 0 saturated carbocycles. The van der Waals surface area contributed by atoms with Gasteiger partial charge in [0, 0.05) is 0 Å². The minimum atomic E-state index is -3.33. The van der Waals surface area contributed by atoms with Crippen LogP contribution < -0.4 is 5.32 Å². The smallest absolute Gasteiger partial charge is 0.197 e. The third kappa shape index (κ3) is 2.69. The molecule has 2 rings (SSSR count). The van der Waals surface area contributed by atoms with Crippen molar-refractivity contribution in [2.75, 3.05) is 18.8 Å². The minimum Gasteiger partial charge on any atom is -0.316 e. The zero-order chi connectivity index (χ0) is 11.6. The lowest BCUT2D eigenvalue weighted by atomic mass is 10.2. The van der Waals surface area contributed by atoms with Gasteiger partial charge in [-0.25, -0.2) is 8.42 Å². The summed E-state index contributed by atoms with van der Waals surface area (Å²) in [6, 6.07) is 2.83. The maximum Gasteiger partial charge on any atom is 0.197 e. The van der Waals surface area contributed by atoms with E-state index in [4.69, 9.17) is 11.6 Å². The summed E-state index contributed by atoms with van der Waals surface area (Å²) >= 11 is 5.55. The summed E-state index contributed by atoms with van der Waals surface area (Å²) in [7, 11) is -3.33. The van der Waals surface area contributed by atoms with Gasteiger partial charge in [0.25, 0.3) is 0 Å². The minimum absolute atomic E-state index is 0.00352. The van der Waals surface area contributed by atoms with E-state index < -0.39 is 9.84 Å². The van der Waals surface area contributed by atoms with Gasteiger partial charge in [0.2, 0.25) is 0 Å². The van der Waals surface area contributed by atoms with Crippen molar-refractivity contribution in [3.8, 4) is 0 Å². The van der Waals surface area contributed by atoms with Gasteiger partial charge < -0.3 is 5.32 Å². The van der Waals surface area contributed by atoms with Crippen molar-refractivity contribution >= 4 is 21.4 Å². The molecule has 0 spiro atoms. The quantitative estimate of drug-likeness (QED) is 0.859. The van der Waals surface area contributed by atoms with Crippen LogP contribution in [0.15, 0.2) is 17.2 Å². The summed E-state index contributed by atoms with van der Waals surface area (Å²) in [6.45, 7) is 1.63. The van der Waals surface area contributed by atoms with Crippen LogP contribution in [0.1, 0.15) is 6.42 Å². The van der Waals surface area contributed by atoms with E-state index in [-0.39, 0.29) is 21.8 Å². The fourth-order valence-electron chi connectivity index (χ4n) is 1.72. The molecule has 1 aromatic heterocycles. The number of hydrogen-bond donors (Lipinski definition) is 1. The SMILES string of the molecule is O=S(=O)(C[C@@H]1CCNC1)c1ccc(Cl)nn1. The molecule has 1 fully saturated rings. The fourth-order valence-corrected chi connectivity index (χ4v) is 3.34. The molecule has 88 valence electrons. The Bertz CT molecular complexity index is 454. The number of halogens is 1. The van der Waals surface area contributed by atoms with Crippen molar-refractivity contribution in [1.82, 2.24) is 15.5 Å². The molecule has 1 aliphatic rings. The van der Waals surface area contributed by atoms with Crippen LogP contribution in [0.4, 0.5) is 0 Å². The van der Waals surface area contributed by atoms with Crippen LogP contribution in [0, 0.1) is 5.92 Å². The second-order valence-corrected chi connectivity index (χ2v) is 6.20. The predicted molar refractivity (Wildman–Crippen MR) is 60.1 cm³/mol. The molecule has 0 bridgehead atoms. The summed E-state index contributed by atoms with van der Waals surface area (Å²) in [5.74, 6) is 0.290. The monoisotopic (exact) mass is 261 g/mol. The standard InChI is InChI=1S/C9H12ClN3O2S/c10-8-1-2-9(13-12-8)16(14,15)6-7-3-4-11-5-7/h1-2,7,11H,3-6H2/t7-/m1/s1. The maximum absolute atomic E-state index is 11.9. The molecule has 7 heteroatoms. The number of aromatic nitrogens is 2. The van der Waals surface area contributed by atoms with Gasteiger partial charge in [-0.3, -0.25) is 0 Å². The summed E-state index contributed by atoms with van der Waals surface area (Å²) in [6.07, 6.45) is 0.889. The number of nitrogens with one attached hydrogen (secondary N) is 1. The lowest BCUT2D eigenvalue weighted by Crippen LogP contribution is -2.19. The van der Waals surface area contributed by atoms with E-state index in [1.165, 1.54) is 12.1 Å². The Morgan fingerprint density at radius 2 is 2.25 bits per heavy atom. The molecule has 0 unspecified atom stereocenters. The Hall–Kier alpha value is -0.720. The fraction of sp³-hybridized carbons (Fsp3) is 0.556. The number of hydrogen-bond acceptors (Lipinski definition) is 5. The van der Waals surface area contributed by atoms with Crippen LogP contribution in [-0.2, 0) is 9.84 Å². The van der Waals surface area contributed by atoms with E-state index in [2.05, 4.69) is 15.5 Å². The zero-order valence-electron chi connectivity index (χ0n) is 8.56. The molecule has 0 aromatic carbocycles. The molecule has 5 nitrogen and oxygen atoms in total. The molecule has 1 N–H and O–H groups in total. The summed E-state index contributed by atoms with van der Waals surface area (Å²) in [5, 5.41) is 10.5. The summed E-state index contributed by atoms with van der Waals surface area (Å²) < 4.78 is 23.9. The first kappa shape index (κ1) is 11.8. The van der Waals surface area contributed by atoms with Crippen LogP contribution in [-0.4, -0.2) is 37.5 Å². The van der Waals surface area contributed by atoms with Gasteiger partial charge in [-0.2, -0.15) is 0 Å². The van der Waals surface area contributed by atoms with Crippen LogP contribution in [0.2, 0.25) is 5.15 Å². The van der Waals surface area contributed by atoms with E-state index in [9.17, 15) is 8.42 Å². The van der Waals surface area contributed by atoms with Crippen molar-refractivity contribution in [2.24, 2.45) is 5.92 Å². The van der Waals surface area contributed by atoms with Crippen LogP contribution in [0.25, 0.3) is 0 Å². The second-order valence-electron chi connectivity index (χ2n) is 3.83.